The number of nitrogens with one attached hydrogen (secondary N) is 1. The van der Waals surface area contributed by atoms with Crippen molar-refractivity contribution in [1.82, 2.24) is 5.32 Å². The van der Waals surface area contributed by atoms with Gasteiger partial charge in [0.1, 0.15) is 5.75 Å². The molecule has 0 heterocycles. The van der Waals surface area contributed by atoms with Crippen molar-refractivity contribution in [2.45, 2.75) is 45.7 Å². The molecular weight excluding hydrogens is 224 g/mol. The van der Waals surface area contributed by atoms with Crippen LogP contribution in [0.4, 0.5) is 0 Å². The number of aryl methyl sites for hydroxylation is 1. The molecule has 102 valence electrons. The van der Waals surface area contributed by atoms with Gasteiger partial charge >= 0.3 is 0 Å². The third-order valence-corrected chi connectivity index (χ3v) is 3.28. The fraction of sp³-hybridized carbons (Fsp3) is 0.600. The maximum atomic E-state index is 5.62. The largest absolute Gasteiger partial charge is 0.496 e. The summed E-state index contributed by atoms with van der Waals surface area (Å²) < 4.78 is 5.41. The van der Waals surface area contributed by atoms with Gasteiger partial charge in [-0.3, -0.25) is 0 Å². The van der Waals surface area contributed by atoms with Crippen LogP contribution < -0.4 is 15.8 Å². The van der Waals surface area contributed by atoms with Crippen molar-refractivity contribution in [3.05, 3.63) is 29.3 Å². The van der Waals surface area contributed by atoms with E-state index in [-0.39, 0.29) is 5.54 Å². The van der Waals surface area contributed by atoms with Crippen LogP contribution in [0.3, 0.4) is 0 Å². The molecule has 0 saturated heterocycles. The van der Waals surface area contributed by atoms with E-state index in [1.165, 1.54) is 11.1 Å². The molecule has 0 bridgehead atoms. The molecule has 1 rings (SSSR count). The lowest BCUT2D eigenvalue weighted by Gasteiger charge is -2.26. The van der Waals surface area contributed by atoms with Crippen LogP contribution in [0.1, 0.15) is 38.3 Å². The van der Waals surface area contributed by atoms with Crippen LogP contribution in [0.15, 0.2) is 18.2 Å². The first kappa shape index (κ1) is 15.0. The van der Waals surface area contributed by atoms with E-state index in [4.69, 9.17) is 10.5 Å². The van der Waals surface area contributed by atoms with Gasteiger partial charge in [-0.1, -0.05) is 19.1 Å². The number of methoxy groups -OCH3 is 1. The molecule has 0 aliphatic heterocycles. The summed E-state index contributed by atoms with van der Waals surface area (Å²) >= 11 is 0. The molecule has 0 unspecified atom stereocenters. The van der Waals surface area contributed by atoms with E-state index in [1.807, 2.05) is 6.07 Å². The van der Waals surface area contributed by atoms with Crippen LogP contribution in [-0.2, 0) is 13.0 Å². The number of benzene rings is 1. The minimum Gasteiger partial charge on any atom is -0.496 e. The molecule has 3 N–H and O–H groups in total. The molecule has 0 atom stereocenters. The van der Waals surface area contributed by atoms with Gasteiger partial charge in [0.2, 0.25) is 0 Å². The molecular formula is C15H26N2O. The van der Waals surface area contributed by atoms with Crippen LogP contribution >= 0.6 is 0 Å². The molecule has 0 aliphatic rings. The molecule has 0 amide bonds. The van der Waals surface area contributed by atoms with E-state index in [9.17, 15) is 0 Å². The van der Waals surface area contributed by atoms with Gasteiger partial charge < -0.3 is 15.8 Å². The fourth-order valence-electron chi connectivity index (χ4n) is 1.97. The Hall–Kier alpha value is -1.06. The highest BCUT2D eigenvalue weighted by molar-refractivity contribution is 5.37. The first-order valence-electron chi connectivity index (χ1n) is 6.63. The maximum Gasteiger partial charge on any atom is 0.123 e. The third-order valence-electron chi connectivity index (χ3n) is 3.28. The smallest absolute Gasteiger partial charge is 0.123 e. The van der Waals surface area contributed by atoms with E-state index in [0.29, 0.717) is 6.54 Å². The zero-order valence-electron chi connectivity index (χ0n) is 12.0. The maximum absolute atomic E-state index is 5.62. The fourth-order valence-corrected chi connectivity index (χ4v) is 1.97. The quantitative estimate of drug-likeness (QED) is 0.781. The van der Waals surface area contributed by atoms with Crippen molar-refractivity contribution in [2.75, 3.05) is 13.7 Å². The lowest BCUT2D eigenvalue weighted by Crippen LogP contribution is -2.40. The van der Waals surface area contributed by atoms with Crippen molar-refractivity contribution < 1.29 is 4.74 Å². The molecule has 0 spiro atoms. The summed E-state index contributed by atoms with van der Waals surface area (Å²) in [5.41, 5.74) is 8.23. The molecule has 3 nitrogen and oxygen atoms in total. The highest BCUT2D eigenvalue weighted by Gasteiger charge is 2.16. The molecule has 0 aromatic heterocycles. The highest BCUT2D eigenvalue weighted by Crippen LogP contribution is 2.21. The summed E-state index contributed by atoms with van der Waals surface area (Å²) in [6.07, 6.45) is 2.01. The summed E-state index contributed by atoms with van der Waals surface area (Å²) in [6, 6.07) is 6.38. The Labute approximate surface area is 111 Å². The zero-order chi connectivity index (χ0) is 13.6. The first-order chi connectivity index (χ1) is 8.52. The van der Waals surface area contributed by atoms with E-state index in [0.717, 1.165) is 25.1 Å². The summed E-state index contributed by atoms with van der Waals surface area (Å²) in [6.45, 7) is 8.03. The number of nitrogens with two attached hydrogens (primary N) is 1. The standard InChI is InChI=1S/C15H26N2O/c1-5-12-6-7-14(18-4)13(10-12)11-17-15(2,3)8-9-16/h6-7,10,17H,5,8-9,11,16H2,1-4H3. The molecule has 18 heavy (non-hydrogen) atoms. The lowest BCUT2D eigenvalue weighted by molar-refractivity contribution is 0.357. The van der Waals surface area contributed by atoms with Gasteiger partial charge in [-0.15, -0.1) is 0 Å². The minimum atomic E-state index is 0.0575. The van der Waals surface area contributed by atoms with Crippen LogP contribution in [0.5, 0.6) is 5.75 Å². The third kappa shape index (κ3) is 4.31. The molecule has 1 aromatic rings. The Bertz CT molecular complexity index is 375. The topological polar surface area (TPSA) is 47.3 Å². The Morgan fingerprint density at radius 3 is 2.61 bits per heavy atom. The summed E-state index contributed by atoms with van der Waals surface area (Å²) in [4.78, 5) is 0. The second-order valence-electron chi connectivity index (χ2n) is 5.28. The van der Waals surface area contributed by atoms with E-state index < -0.39 is 0 Å². The van der Waals surface area contributed by atoms with Crippen molar-refractivity contribution >= 4 is 0 Å². The van der Waals surface area contributed by atoms with Gasteiger partial charge in [0, 0.05) is 17.6 Å². The van der Waals surface area contributed by atoms with Crippen molar-refractivity contribution in [2.24, 2.45) is 5.73 Å². The molecule has 0 fully saturated rings. The van der Waals surface area contributed by atoms with Crippen LogP contribution in [-0.4, -0.2) is 19.2 Å². The normalized spacial score (nSPS) is 11.6. The molecule has 3 heteroatoms. The predicted molar refractivity (Wildman–Crippen MR) is 77.0 cm³/mol. The average Bonchev–Trinajstić information content (AvgIpc) is 2.36. The van der Waals surface area contributed by atoms with Crippen molar-refractivity contribution in [3.63, 3.8) is 0 Å². The van der Waals surface area contributed by atoms with Gasteiger partial charge in [-0.2, -0.15) is 0 Å². The van der Waals surface area contributed by atoms with Gasteiger partial charge in [0.25, 0.3) is 0 Å². The number of rotatable bonds is 7. The molecule has 0 aliphatic carbocycles. The van der Waals surface area contributed by atoms with Gasteiger partial charge in [0.05, 0.1) is 7.11 Å². The average molecular weight is 250 g/mol. The monoisotopic (exact) mass is 250 g/mol. The Morgan fingerprint density at radius 2 is 2.06 bits per heavy atom. The van der Waals surface area contributed by atoms with E-state index in [1.54, 1.807) is 7.11 Å². The van der Waals surface area contributed by atoms with Gasteiger partial charge in [0.15, 0.2) is 0 Å². The molecule has 1 aromatic carbocycles. The van der Waals surface area contributed by atoms with Crippen LogP contribution in [0.25, 0.3) is 0 Å². The van der Waals surface area contributed by atoms with Crippen LogP contribution in [0, 0.1) is 0 Å². The van der Waals surface area contributed by atoms with Crippen LogP contribution in [0.2, 0.25) is 0 Å². The first-order valence-corrected chi connectivity index (χ1v) is 6.63. The van der Waals surface area contributed by atoms with Crippen molar-refractivity contribution in [3.8, 4) is 5.75 Å². The van der Waals surface area contributed by atoms with Crippen molar-refractivity contribution in [1.29, 1.82) is 0 Å². The minimum absolute atomic E-state index is 0.0575. The van der Waals surface area contributed by atoms with E-state index in [2.05, 4.69) is 38.2 Å². The predicted octanol–water partition coefficient (Wildman–Crippen LogP) is 2.47. The number of hydrogen-bond acceptors (Lipinski definition) is 3. The SMILES string of the molecule is CCc1ccc(OC)c(CNC(C)(C)CCN)c1. The second kappa shape index (κ2) is 6.76. The summed E-state index contributed by atoms with van der Waals surface area (Å²) in [7, 11) is 1.72. The van der Waals surface area contributed by atoms with Gasteiger partial charge in [-0.25, -0.2) is 0 Å². The summed E-state index contributed by atoms with van der Waals surface area (Å²) in [5.74, 6) is 0.947. The Balaban J connectivity index is 2.76. The lowest BCUT2D eigenvalue weighted by atomic mass is 9.99. The van der Waals surface area contributed by atoms with E-state index >= 15 is 0 Å². The number of hydrogen-bond donors (Lipinski definition) is 2. The Kier molecular flexibility index (Phi) is 5.63. The molecule has 0 saturated carbocycles. The highest BCUT2D eigenvalue weighted by atomic mass is 16.5. The summed E-state index contributed by atoms with van der Waals surface area (Å²) in [5, 5.41) is 3.54. The second-order valence-corrected chi connectivity index (χ2v) is 5.28. The number of ether oxygens (including phenoxy) is 1. The Morgan fingerprint density at radius 1 is 1.33 bits per heavy atom. The molecule has 0 radical (unpaired) electrons. The van der Waals surface area contributed by atoms with Gasteiger partial charge in [-0.05, 0) is 44.9 Å². The zero-order valence-corrected chi connectivity index (χ0v) is 12.0.